The lowest BCUT2D eigenvalue weighted by atomic mass is 9.95. The third-order valence-electron chi connectivity index (χ3n) is 3.23. The fourth-order valence-electron chi connectivity index (χ4n) is 2.29. The average molecular weight is 388 g/mol. The molecule has 0 fully saturated rings. The third-order valence-corrected chi connectivity index (χ3v) is 4.42. The fourth-order valence-corrected chi connectivity index (χ4v) is 3.11. The summed E-state index contributed by atoms with van der Waals surface area (Å²) in [7, 11) is 0. The maximum absolute atomic E-state index is 3.65. The van der Waals surface area contributed by atoms with Crippen molar-refractivity contribution in [1.29, 1.82) is 0 Å². The van der Waals surface area contributed by atoms with Gasteiger partial charge in [0, 0.05) is 8.95 Å². The van der Waals surface area contributed by atoms with Crippen LogP contribution in [-0.4, -0.2) is 0 Å². The van der Waals surface area contributed by atoms with E-state index in [-0.39, 0.29) is 0 Å². The van der Waals surface area contributed by atoms with Crippen molar-refractivity contribution in [3.63, 3.8) is 0 Å². The zero-order valence-electron chi connectivity index (χ0n) is 10.7. The molecule has 0 aliphatic rings. The van der Waals surface area contributed by atoms with Gasteiger partial charge in [-0.15, -0.1) is 0 Å². The van der Waals surface area contributed by atoms with Gasteiger partial charge < -0.3 is 0 Å². The van der Waals surface area contributed by atoms with Gasteiger partial charge in [0.15, 0.2) is 0 Å². The standard InChI is InChI=1S/C18H12Br2/c19-14-10-11-18(20)17(12-14)16-9-5-4-8-15(16)13-6-2-1-3-7-13/h1-12H. The first-order valence-electron chi connectivity index (χ1n) is 6.35. The monoisotopic (exact) mass is 386 g/mol. The summed E-state index contributed by atoms with van der Waals surface area (Å²) in [6.45, 7) is 0. The first-order valence-corrected chi connectivity index (χ1v) is 7.94. The summed E-state index contributed by atoms with van der Waals surface area (Å²) in [6.07, 6.45) is 0. The van der Waals surface area contributed by atoms with Gasteiger partial charge in [0.1, 0.15) is 0 Å². The Labute approximate surface area is 135 Å². The second-order valence-electron chi connectivity index (χ2n) is 4.54. The van der Waals surface area contributed by atoms with Crippen molar-refractivity contribution in [2.45, 2.75) is 0 Å². The molecule has 2 heteroatoms. The van der Waals surface area contributed by atoms with Crippen molar-refractivity contribution in [2.24, 2.45) is 0 Å². The van der Waals surface area contributed by atoms with Crippen molar-refractivity contribution < 1.29 is 0 Å². The number of rotatable bonds is 2. The van der Waals surface area contributed by atoms with E-state index >= 15 is 0 Å². The first-order chi connectivity index (χ1) is 9.75. The molecule has 3 rings (SSSR count). The Balaban J connectivity index is 2.23. The molecule has 98 valence electrons. The summed E-state index contributed by atoms with van der Waals surface area (Å²) in [5.74, 6) is 0. The topological polar surface area (TPSA) is 0 Å². The van der Waals surface area contributed by atoms with Crippen molar-refractivity contribution in [2.75, 3.05) is 0 Å². The Morgan fingerprint density at radius 3 is 1.95 bits per heavy atom. The molecular weight excluding hydrogens is 376 g/mol. The van der Waals surface area contributed by atoms with Gasteiger partial charge in [-0.3, -0.25) is 0 Å². The number of halogens is 2. The number of hydrogen-bond acceptors (Lipinski definition) is 0. The minimum atomic E-state index is 1.08. The van der Waals surface area contributed by atoms with Crippen LogP contribution in [0.15, 0.2) is 81.7 Å². The molecule has 0 aromatic heterocycles. The van der Waals surface area contributed by atoms with Crippen molar-refractivity contribution in [3.8, 4) is 22.3 Å². The summed E-state index contributed by atoms with van der Waals surface area (Å²) in [5.41, 5.74) is 4.90. The van der Waals surface area contributed by atoms with Crippen LogP contribution in [0.3, 0.4) is 0 Å². The first kappa shape index (κ1) is 13.6. The summed E-state index contributed by atoms with van der Waals surface area (Å²) in [6, 6.07) is 25.2. The molecule has 0 nitrogen and oxygen atoms in total. The van der Waals surface area contributed by atoms with Crippen LogP contribution in [0.5, 0.6) is 0 Å². The molecule has 0 saturated carbocycles. The van der Waals surface area contributed by atoms with Crippen LogP contribution < -0.4 is 0 Å². The van der Waals surface area contributed by atoms with Crippen molar-refractivity contribution in [1.82, 2.24) is 0 Å². The Kier molecular flexibility index (Phi) is 4.04. The zero-order chi connectivity index (χ0) is 13.9. The smallest absolute Gasteiger partial charge is 0.0254 e. The van der Waals surface area contributed by atoms with Gasteiger partial charge in [0.05, 0.1) is 0 Å². The molecule has 0 bridgehead atoms. The van der Waals surface area contributed by atoms with E-state index < -0.39 is 0 Å². The summed E-state index contributed by atoms with van der Waals surface area (Å²) in [5, 5.41) is 0. The molecule has 3 aromatic carbocycles. The SMILES string of the molecule is Brc1ccc(Br)c(-c2ccccc2-c2ccccc2)c1. The van der Waals surface area contributed by atoms with Crippen LogP contribution in [0.1, 0.15) is 0 Å². The van der Waals surface area contributed by atoms with Gasteiger partial charge in [-0.05, 0) is 40.5 Å². The van der Waals surface area contributed by atoms with Crippen LogP contribution >= 0.6 is 31.9 Å². The molecule has 0 radical (unpaired) electrons. The summed E-state index contributed by atoms with van der Waals surface area (Å²) in [4.78, 5) is 0. The predicted octanol–water partition coefficient (Wildman–Crippen LogP) is 6.55. The van der Waals surface area contributed by atoms with Gasteiger partial charge in [0.25, 0.3) is 0 Å². The summed E-state index contributed by atoms with van der Waals surface area (Å²) < 4.78 is 2.18. The van der Waals surface area contributed by atoms with E-state index in [9.17, 15) is 0 Å². The Hall–Kier alpha value is -1.38. The van der Waals surface area contributed by atoms with Crippen molar-refractivity contribution >= 4 is 31.9 Å². The lowest BCUT2D eigenvalue weighted by Gasteiger charge is -2.12. The molecule has 0 saturated heterocycles. The van der Waals surface area contributed by atoms with E-state index in [1.54, 1.807) is 0 Å². The normalized spacial score (nSPS) is 10.5. The third kappa shape index (κ3) is 2.72. The van der Waals surface area contributed by atoms with Gasteiger partial charge in [-0.25, -0.2) is 0 Å². The molecule has 0 amide bonds. The van der Waals surface area contributed by atoms with Gasteiger partial charge >= 0.3 is 0 Å². The lowest BCUT2D eigenvalue weighted by Crippen LogP contribution is -1.86. The molecule has 0 spiro atoms. The molecule has 0 atom stereocenters. The molecule has 0 aliphatic heterocycles. The van der Waals surface area contributed by atoms with E-state index in [1.807, 2.05) is 12.1 Å². The van der Waals surface area contributed by atoms with Crippen LogP contribution in [-0.2, 0) is 0 Å². The maximum atomic E-state index is 3.65. The second kappa shape index (κ2) is 5.94. The van der Waals surface area contributed by atoms with E-state index in [0.29, 0.717) is 0 Å². The zero-order valence-corrected chi connectivity index (χ0v) is 13.9. The average Bonchev–Trinajstić information content (AvgIpc) is 2.51. The quantitative estimate of drug-likeness (QED) is 0.467. The highest BCUT2D eigenvalue weighted by atomic mass is 79.9. The Bertz CT molecular complexity index is 733. The van der Waals surface area contributed by atoms with Crippen LogP contribution in [0.2, 0.25) is 0 Å². The molecule has 0 aliphatic carbocycles. The van der Waals surface area contributed by atoms with Crippen LogP contribution in [0.4, 0.5) is 0 Å². The molecular formula is C18H12Br2. The molecule has 0 heterocycles. The Morgan fingerprint density at radius 2 is 1.20 bits per heavy atom. The number of hydrogen-bond donors (Lipinski definition) is 0. The highest BCUT2D eigenvalue weighted by Crippen LogP contribution is 2.37. The minimum absolute atomic E-state index is 1.08. The van der Waals surface area contributed by atoms with Crippen LogP contribution in [0.25, 0.3) is 22.3 Å². The minimum Gasteiger partial charge on any atom is -0.0622 e. The van der Waals surface area contributed by atoms with E-state index in [2.05, 4.69) is 92.5 Å². The number of benzene rings is 3. The van der Waals surface area contributed by atoms with E-state index in [0.717, 1.165) is 8.95 Å². The van der Waals surface area contributed by atoms with Gasteiger partial charge in [-0.2, -0.15) is 0 Å². The highest BCUT2D eigenvalue weighted by Gasteiger charge is 2.09. The van der Waals surface area contributed by atoms with E-state index in [1.165, 1.54) is 22.3 Å². The fraction of sp³-hybridized carbons (Fsp3) is 0. The second-order valence-corrected chi connectivity index (χ2v) is 6.31. The van der Waals surface area contributed by atoms with Gasteiger partial charge in [-0.1, -0.05) is 86.5 Å². The molecule has 3 aromatic rings. The summed E-state index contributed by atoms with van der Waals surface area (Å²) >= 11 is 7.21. The van der Waals surface area contributed by atoms with Crippen LogP contribution in [0, 0.1) is 0 Å². The van der Waals surface area contributed by atoms with Gasteiger partial charge in [0.2, 0.25) is 0 Å². The largest absolute Gasteiger partial charge is 0.0622 e. The van der Waals surface area contributed by atoms with E-state index in [4.69, 9.17) is 0 Å². The maximum Gasteiger partial charge on any atom is 0.0254 e. The Morgan fingerprint density at radius 1 is 0.550 bits per heavy atom. The lowest BCUT2D eigenvalue weighted by molar-refractivity contribution is 1.54. The predicted molar refractivity (Wildman–Crippen MR) is 92.7 cm³/mol. The van der Waals surface area contributed by atoms with Crippen molar-refractivity contribution in [3.05, 3.63) is 81.7 Å². The molecule has 20 heavy (non-hydrogen) atoms. The highest BCUT2D eigenvalue weighted by molar-refractivity contribution is 9.11. The molecule has 0 N–H and O–H groups in total. The molecule has 0 unspecified atom stereocenters.